The minimum atomic E-state index is -0.279. The number of hydrogen-bond acceptors (Lipinski definition) is 5. The summed E-state index contributed by atoms with van der Waals surface area (Å²) in [7, 11) is 0. The second-order valence-corrected chi connectivity index (χ2v) is 4.38. The Morgan fingerprint density at radius 3 is 3.06 bits per heavy atom. The maximum Gasteiger partial charge on any atom is 0.158 e. The molecule has 6 heteroatoms. The summed E-state index contributed by atoms with van der Waals surface area (Å²) in [6, 6.07) is 1.72. The van der Waals surface area contributed by atoms with Crippen LogP contribution < -0.4 is 4.90 Å². The van der Waals surface area contributed by atoms with E-state index in [1.54, 1.807) is 6.07 Å². The molecule has 1 N–H and O–H groups in total. The molecule has 1 saturated heterocycles. The Balaban J connectivity index is 2.13. The van der Waals surface area contributed by atoms with Crippen molar-refractivity contribution >= 4 is 17.4 Å². The maximum absolute atomic E-state index is 9.50. The lowest BCUT2D eigenvalue weighted by atomic mass is 10.3. The Bertz CT molecular complexity index is 389. The van der Waals surface area contributed by atoms with Gasteiger partial charge in [-0.15, -0.1) is 0 Å². The van der Waals surface area contributed by atoms with Crippen LogP contribution in [-0.2, 0) is 11.3 Å². The number of aliphatic hydroxyl groups is 1. The Morgan fingerprint density at radius 1 is 1.59 bits per heavy atom. The predicted octanol–water partition coefficient (Wildman–Crippen LogP) is 1.24. The highest BCUT2D eigenvalue weighted by Crippen LogP contribution is 2.21. The topological polar surface area (TPSA) is 58.5 Å². The lowest BCUT2D eigenvalue weighted by Crippen LogP contribution is -2.23. The molecule has 17 heavy (non-hydrogen) atoms. The van der Waals surface area contributed by atoms with Crippen LogP contribution in [0.15, 0.2) is 6.07 Å². The highest BCUT2D eigenvalue weighted by Gasteiger charge is 2.22. The standard InChI is InChI=1S/C11H16ClN3O2/c1-2-17-7-10-13-9(12)5-11(14-10)15-4-3-8(16)6-15/h5,8,16H,2-4,6-7H2,1H3. The van der Waals surface area contributed by atoms with Crippen LogP contribution in [-0.4, -0.2) is 40.9 Å². The number of nitrogens with zero attached hydrogens (tertiary/aromatic N) is 3. The van der Waals surface area contributed by atoms with Crippen LogP contribution in [0.5, 0.6) is 0 Å². The van der Waals surface area contributed by atoms with Gasteiger partial charge in [-0.2, -0.15) is 0 Å². The summed E-state index contributed by atoms with van der Waals surface area (Å²) in [5.74, 6) is 1.34. The first kappa shape index (κ1) is 12.5. The Labute approximate surface area is 105 Å². The minimum Gasteiger partial charge on any atom is -0.391 e. The molecule has 0 aliphatic carbocycles. The van der Waals surface area contributed by atoms with Crippen LogP contribution in [0.25, 0.3) is 0 Å². The van der Waals surface area contributed by atoms with Gasteiger partial charge in [-0.25, -0.2) is 9.97 Å². The molecule has 1 atom stereocenters. The van der Waals surface area contributed by atoms with Gasteiger partial charge in [-0.3, -0.25) is 0 Å². The first-order chi connectivity index (χ1) is 8.19. The third-order valence-electron chi connectivity index (χ3n) is 2.65. The zero-order valence-electron chi connectivity index (χ0n) is 9.77. The number of β-amino-alcohol motifs (C(OH)–C–C–N with tert-alkyl or cyclic N) is 1. The van der Waals surface area contributed by atoms with Gasteiger partial charge in [0.25, 0.3) is 0 Å². The van der Waals surface area contributed by atoms with Gasteiger partial charge in [0, 0.05) is 25.8 Å². The summed E-state index contributed by atoms with van der Waals surface area (Å²) in [5.41, 5.74) is 0. The van der Waals surface area contributed by atoms with Crippen molar-refractivity contribution in [2.45, 2.75) is 26.1 Å². The van der Waals surface area contributed by atoms with E-state index in [4.69, 9.17) is 16.3 Å². The van der Waals surface area contributed by atoms with Crippen LogP contribution in [0.3, 0.4) is 0 Å². The second-order valence-electron chi connectivity index (χ2n) is 3.99. The van der Waals surface area contributed by atoms with Gasteiger partial charge in [0.05, 0.1) is 6.10 Å². The Hall–Kier alpha value is -0.910. The number of hydrogen-bond donors (Lipinski definition) is 1. The molecule has 1 aromatic heterocycles. The molecule has 0 aromatic carbocycles. The van der Waals surface area contributed by atoms with E-state index < -0.39 is 0 Å². The fourth-order valence-electron chi connectivity index (χ4n) is 1.82. The molecule has 94 valence electrons. The van der Waals surface area contributed by atoms with E-state index in [0.29, 0.717) is 30.7 Å². The van der Waals surface area contributed by atoms with Gasteiger partial charge in [0.1, 0.15) is 17.6 Å². The van der Waals surface area contributed by atoms with Gasteiger partial charge in [0.2, 0.25) is 0 Å². The number of anilines is 1. The quantitative estimate of drug-likeness (QED) is 0.823. The van der Waals surface area contributed by atoms with Crippen molar-refractivity contribution in [3.8, 4) is 0 Å². The van der Waals surface area contributed by atoms with Gasteiger partial charge >= 0.3 is 0 Å². The highest BCUT2D eigenvalue weighted by molar-refractivity contribution is 6.29. The third kappa shape index (κ3) is 3.28. The molecule has 1 fully saturated rings. The van der Waals surface area contributed by atoms with Crippen molar-refractivity contribution in [3.63, 3.8) is 0 Å². The van der Waals surface area contributed by atoms with E-state index in [1.807, 2.05) is 11.8 Å². The summed E-state index contributed by atoms with van der Waals surface area (Å²) < 4.78 is 5.26. The van der Waals surface area contributed by atoms with Crippen molar-refractivity contribution in [2.75, 3.05) is 24.6 Å². The first-order valence-electron chi connectivity index (χ1n) is 5.73. The lowest BCUT2D eigenvalue weighted by molar-refractivity contribution is 0.128. The molecular formula is C11H16ClN3O2. The summed E-state index contributed by atoms with van der Waals surface area (Å²) in [6.45, 7) is 4.29. The van der Waals surface area contributed by atoms with Crippen molar-refractivity contribution in [3.05, 3.63) is 17.0 Å². The molecule has 0 amide bonds. The van der Waals surface area contributed by atoms with E-state index in [2.05, 4.69) is 9.97 Å². The lowest BCUT2D eigenvalue weighted by Gasteiger charge is -2.17. The molecule has 5 nitrogen and oxygen atoms in total. The SMILES string of the molecule is CCOCc1nc(Cl)cc(N2CCC(O)C2)n1. The molecule has 1 unspecified atom stereocenters. The number of ether oxygens (including phenoxy) is 1. The smallest absolute Gasteiger partial charge is 0.158 e. The fourth-order valence-corrected chi connectivity index (χ4v) is 2.02. The van der Waals surface area contributed by atoms with Crippen LogP contribution in [0.4, 0.5) is 5.82 Å². The minimum absolute atomic E-state index is 0.279. The summed E-state index contributed by atoms with van der Waals surface area (Å²) in [6.07, 6.45) is 0.488. The number of halogens is 1. The third-order valence-corrected chi connectivity index (χ3v) is 2.84. The largest absolute Gasteiger partial charge is 0.391 e. The van der Waals surface area contributed by atoms with Gasteiger partial charge in [-0.05, 0) is 13.3 Å². The number of aliphatic hydroxyl groups excluding tert-OH is 1. The zero-order valence-corrected chi connectivity index (χ0v) is 10.5. The van der Waals surface area contributed by atoms with Crippen LogP contribution in [0.2, 0.25) is 5.15 Å². The van der Waals surface area contributed by atoms with Crippen LogP contribution in [0.1, 0.15) is 19.2 Å². The fraction of sp³-hybridized carbons (Fsp3) is 0.636. The molecule has 0 bridgehead atoms. The van der Waals surface area contributed by atoms with E-state index in [1.165, 1.54) is 0 Å². The highest BCUT2D eigenvalue weighted by atomic mass is 35.5. The molecule has 1 aliphatic rings. The molecule has 2 rings (SSSR count). The Kier molecular flexibility index (Phi) is 4.15. The molecule has 2 heterocycles. The van der Waals surface area contributed by atoms with Crippen molar-refractivity contribution in [1.82, 2.24) is 9.97 Å². The molecule has 0 saturated carbocycles. The monoisotopic (exact) mass is 257 g/mol. The van der Waals surface area contributed by atoms with E-state index in [-0.39, 0.29) is 6.10 Å². The summed E-state index contributed by atoms with van der Waals surface area (Å²) in [4.78, 5) is 10.5. The second kappa shape index (κ2) is 5.62. The Morgan fingerprint density at radius 2 is 2.41 bits per heavy atom. The molecular weight excluding hydrogens is 242 g/mol. The maximum atomic E-state index is 9.50. The van der Waals surface area contributed by atoms with Gasteiger partial charge in [0.15, 0.2) is 5.82 Å². The molecule has 1 aliphatic heterocycles. The van der Waals surface area contributed by atoms with Crippen LogP contribution in [0, 0.1) is 0 Å². The van der Waals surface area contributed by atoms with E-state index in [9.17, 15) is 5.11 Å². The molecule has 0 spiro atoms. The van der Waals surface area contributed by atoms with Crippen molar-refractivity contribution < 1.29 is 9.84 Å². The van der Waals surface area contributed by atoms with Crippen molar-refractivity contribution in [2.24, 2.45) is 0 Å². The summed E-state index contributed by atoms with van der Waals surface area (Å²) >= 11 is 5.95. The number of aromatic nitrogens is 2. The van der Waals surface area contributed by atoms with E-state index in [0.717, 1.165) is 18.8 Å². The predicted molar refractivity (Wildman–Crippen MR) is 65.2 cm³/mol. The normalized spacial score (nSPS) is 19.9. The van der Waals surface area contributed by atoms with Gasteiger partial charge < -0.3 is 14.7 Å². The van der Waals surface area contributed by atoms with Crippen molar-refractivity contribution in [1.29, 1.82) is 0 Å². The zero-order chi connectivity index (χ0) is 12.3. The molecule has 1 aromatic rings. The average molecular weight is 258 g/mol. The molecule has 0 radical (unpaired) electrons. The average Bonchev–Trinajstić information content (AvgIpc) is 2.72. The van der Waals surface area contributed by atoms with E-state index >= 15 is 0 Å². The van der Waals surface area contributed by atoms with Gasteiger partial charge in [-0.1, -0.05) is 11.6 Å². The van der Waals surface area contributed by atoms with Crippen LogP contribution >= 0.6 is 11.6 Å². The number of rotatable bonds is 4. The first-order valence-corrected chi connectivity index (χ1v) is 6.11. The summed E-state index contributed by atoms with van der Waals surface area (Å²) in [5, 5.41) is 9.91.